The minimum atomic E-state index is 0.709. The Bertz CT molecular complexity index is 651. The van der Waals surface area contributed by atoms with Crippen LogP contribution in [0.5, 0.6) is 0 Å². The van der Waals surface area contributed by atoms with E-state index in [4.69, 9.17) is 4.74 Å². The van der Waals surface area contributed by atoms with Crippen LogP contribution in [0.2, 0.25) is 0 Å². The van der Waals surface area contributed by atoms with Gasteiger partial charge in [-0.1, -0.05) is 6.07 Å². The van der Waals surface area contributed by atoms with Crippen LogP contribution in [0.4, 0.5) is 5.82 Å². The molecule has 4 heterocycles. The third-order valence-electron chi connectivity index (χ3n) is 4.97. The number of imidazole rings is 1. The van der Waals surface area contributed by atoms with Crippen LogP contribution >= 0.6 is 0 Å². The molecule has 24 heavy (non-hydrogen) atoms. The normalized spacial score (nSPS) is 21.4. The molecule has 2 aromatic heterocycles. The average molecular weight is 327 g/mol. The van der Waals surface area contributed by atoms with E-state index in [2.05, 4.69) is 24.8 Å². The molecule has 0 unspecified atom stereocenters. The zero-order chi connectivity index (χ0) is 16.2. The molecule has 0 radical (unpaired) electrons. The van der Waals surface area contributed by atoms with Gasteiger partial charge >= 0.3 is 0 Å². The largest absolute Gasteiger partial charge is 0.381 e. The number of nitrogens with zero attached hydrogens (tertiary/aromatic N) is 4. The van der Waals surface area contributed by atoms with Gasteiger partial charge in [0.2, 0.25) is 0 Å². The van der Waals surface area contributed by atoms with Gasteiger partial charge in [0.05, 0.1) is 25.0 Å². The fourth-order valence-corrected chi connectivity index (χ4v) is 3.60. The van der Waals surface area contributed by atoms with Gasteiger partial charge in [0, 0.05) is 45.4 Å². The van der Waals surface area contributed by atoms with Crippen molar-refractivity contribution >= 4 is 5.82 Å². The van der Waals surface area contributed by atoms with E-state index in [1.807, 2.05) is 30.6 Å². The number of hydrogen-bond acceptors (Lipinski definition) is 5. The van der Waals surface area contributed by atoms with Crippen LogP contribution in [0.15, 0.2) is 30.6 Å². The number of nitrogens with one attached hydrogen (secondary N) is 1. The summed E-state index contributed by atoms with van der Waals surface area (Å²) in [6, 6.07) is 5.92. The van der Waals surface area contributed by atoms with E-state index in [1.54, 1.807) is 0 Å². The molecular formula is C18H25N5O. The summed E-state index contributed by atoms with van der Waals surface area (Å²) in [5.41, 5.74) is 1.24. The van der Waals surface area contributed by atoms with Crippen molar-refractivity contribution in [2.45, 2.75) is 25.9 Å². The fraction of sp³-hybridized carbons (Fsp3) is 0.556. The zero-order valence-corrected chi connectivity index (χ0v) is 14.0. The second-order valence-corrected chi connectivity index (χ2v) is 6.67. The number of pyridine rings is 1. The van der Waals surface area contributed by atoms with Gasteiger partial charge in [-0.15, -0.1) is 0 Å². The van der Waals surface area contributed by atoms with Gasteiger partial charge in [0.15, 0.2) is 0 Å². The summed E-state index contributed by atoms with van der Waals surface area (Å²) in [6.45, 7) is 7.00. The first-order valence-electron chi connectivity index (χ1n) is 8.87. The molecule has 128 valence electrons. The molecule has 1 fully saturated rings. The third kappa shape index (κ3) is 3.60. The highest BCUT2D eigenvalue weighted by Crippen LogP contribution is 2.17. The Morgan fingerprint density at radius 1 is 1.21 bits per heavy atom. The maximum absolute atomic E-state index is 5.51. The van der Waals surface area contributed by atoms with Gasteiger partial charge in [-0.05, 0) is 24.5 Å². The van der Waals surface area contributed by atoms with Crippen molar-refractivity contribution in [1.29, 1.82) is 0 Å². The molecule has 1 N–H and O–H groups in total. The van der Waals surface area contributed by atoms with Gasteiger partial charge < -0.3 is 19.5 Å². The second kappa shape index (κ2) is 7.32. The highest BCUT2D eigenvalue weighted by Gasteiger charge is 2.22. The first-order chi connectivity index (χ1) is 11.9. The number of aromatic nitrogens is 3. The lowest BCUT2D eigenvalue weighted by atomic mass is 10.1. The standard InChI is InChI=1S/C18H25N5O/c1-2-6-19-17(3-1)20-11-16-12-21-18-4-7-22(8-9-23(16)18)13-15-5-10-24-14-15/h1-3,6,12,15H,4-5,7-11,13-14H2,(H,19,20)/t15-/m1/s1. The predicted octanol–water partition coefficient (Wildman–Crippen LogP) is 1.78. The zero-order valence-electron chi connectivity index (χ0n) is 14.0. The predicted molar refractivity (Wildman–Crippen MR) is 92.9 cm³/mol. The molecule has 0 bridgehead atoms. The minimum Gasteiger partial charge on any atom is -0.381 e. The summed E-state index contributed by atoms with van der Waals surface area (Å²) in [5, 5.41) is 3.39. The van der Waals surface area contributed by atoms with E-state index in [1.165, 1.54) is 17.9 Å². The lowest BCUT2D eigenvalue weighted by Gasteiger charge is -2.22. The van der Waals surface area contributed by atoms with Gasteiger partial charge in [-0.3, -0.25) is 0 Å². The van der Waals surface area contributed by atoms with Crippen molar-refractivity contribution in [3.05, 3.63) is 42.1 Å². The smallest absolute Gasteiger partial charge is 0.126 e. The van der Waals surface area contributed by atoms with Gasteiger partial charge in [0.25, 0.3) is 0 Å². The summed E-state index contributed by atoms with van der Waals surface area (Å²) in [7, 11) is 0. The van der Waals surface area contributed by atoms with Crippen molar-refractivity contribution in [3.63, 3.8) is 0 Å². The Hall–Kier alpha value is -1.92. The molecule has 0 amide bonds. The van der Waals surface area contributed by atoms with Crippen molar-refractivity contribution in [2.75, 3.05) is 38.2 Å². The lowest BCUT2D eigenvalue weighted by Crippen LogP contribution is -2.32. The SMILES string of the molecule is c1ccc(NCc2cnc3n2CCN(C[C@H]2CCOC2)CC3)nc1. The highest BCUT2D eigenvalue weighted by molar-refractivity contribution is 5.33. The summed E-state index contributed by atoms with van der Waals surface area (Å²) in [4.78, 5) is 11.5. The van der Waals surface area contributed by atoms with Gasteiger partial charge in [0.1, 0.15) is 11.6 Å². The average Bonchev–Trinajstić information content (AvgIpc) is 3.21. The summed E-state index contributed by atoms with van der Waals surface area (Å²) >= 11 is 0. The van der Waals surface area contributed by atoms with Crippen LogP contribution in [0.25, 0.3) is 0 Å². The fourth-order valence-electron chi connectivity index (χ4n) is 3.60. The van der Waals surface area contributed by atoms with E-state index in [0.29, 0.717) is 5.92 Å². The Balaban J connectivity index is 1.36. The first-order valence-corrected chi connectivity index (χ1v) is 8.87. The molecule has 6 nitrogen and oxygen atoms in total. The Kier molecular flexibility index (Phi) is 4.76. The molecule has 2 aliphatic heterocycles. The number of ether oxygens (including phenoxy) is 1. The minimum absolute atomic E-state index is 0.709. The number of anilines is 1. The number of fused-ring (bicyclic) bond motifs is 1. The molecular weight excluding hydrogens is 302 g/mol. The van der Waals surface area contributed by atoms with E-state index < -0.39 is 0 Å². The Morgan fingerprint density at radius 2 is 2.21 bits per heavy atom. The van der Waals surface area contributed by atoms with E-state index in [-0.39, 0.29) is 0 Å². The lowest BCUT2D eigenvalue weighted by molar-refractivity contribution is 0.167. The topological polar surface area (TPSA) is 55.2 Å². The third-order valence-corrected chi connectivity index (χ3v) is 4.97. The summed E-state index contributed by atoms with van der Waals surface area (Å²) in [5.74, 6) is 2.82. The molecule has 2 aromatic rings. The van der Waals surface area contributed by atoms with Crippen LogP contribution in [0.3, 0.4) is 0 Å². The van der Waals surface area contributed by atoms with Crippen molar-refractivity contribution < 1.29 is 4.74 Å². The van der Waals surface area contributed by atoms with Crippen molar-refractivity contribution in [1.82, 2.24) is 19.4 Å². The van der Waals surface area contributed by atoms with Crippen molar-refractivity contribution in [2.24, 2.45) is 5.92 Å². The van der Waals surface area contributed by atoms with Crippen molar-refractivity contribution in [3.8, 4) is 0 Å². The van der Waals surface area contributed by atoms with Crippen LogP contribution < -0.4 is 5.32 Å². The summed E-state index contributed by atoms with van der Waals surface area (Å²) in [6.07, 6.45) is 6.05. The molecule has 0 aliphatic carbocycles. The van der Waals surface area contributed by atoms with Gasteiger partial charge in [-0.25, -0.2) is 9.97 Å². The molecule has 0 spiro atoms. The van der Waals surface area contributed by atoms with Crippen LogP contribution in [0.1, 0.15) is 17.9 Å². The Labute approximate surface area is 142 Å². The monoisotopic (exact) mass is 327 g/mol. The van der Waals surface area contributed by atoms with Crippen LogP contribution in [0, 0.1) is 5.92 Å². The molecule has 0 saturated carbocycles. The molecule has 0 aromatic carbocycles. The highest BCUT2D eigenvalue weighted by atomic mass is 16.5. The van der Waals surface area contributed by atoms with E-state index in [9.17, 15) is 0 Å². The first kappa shape index (κ1) is 15.6. The maximum atomic E-state index is 5.51. The molecule has 2 aliphatic rings. The summed E-state index contributed by atoms with van der Waals surface area (Å²) < 4.78 is 7.89. The molecule has 1 saturated heterocycles. The van der Waals surface area contributed by atoms with E-state index >= 15 is 0 Å². The second-order valence-electron chi connectivity index (χ2n) is 6.67. The maximum Gasteiger partial charge on any atom is 0.126 e. The molecule has 6 heteroatoms. The number of hydrogen-bond donors (Lipinski definition) is 1. The van der Waals surface area contributed by atoms with Crippen LogP contribution in [-0.4, -0.2) is 52.3 Å². The number of rotatable bonds is 5. The quantitative estimate of drug-likeness (QED) is 0.907. The van der Waals surface area contributed by atoms with Gasteiger partial charge in [-0.2, -0.15) is 0 Å². The Morgan fingerprint density at radius 3 is 3.04 bits per heavy atom. The van der Waals surface area contributed by atoms with Crippen LogP contribution in [-0.2, 0) is 24.2 Å². The molecule has 1 atom stereocenters. The van der Waals surface area contributed by atoms with E-state index in [0.717, 1.165) is 58.2 Å². The molecule has 4 rings (SSSR count).